The molecule has 0 saturated heterocycles. The molecule has 26 heavy (non-hydrogen) atoms. The number of carbonyl (C=O) groups is 2. The van der Waals surface area contributed by atoms with Crippen molar-refractivity contribution in [2.45, 2.75) is 26.1 Å². The molecular formula is C19H18F3NO3. The van der Waals surface area contributed by atoms with Gasteiger partial charge in [-0.15, -0.1) is 0 Å². The molecule has 0 aliphatic rings. The monoisotopic (exact) mass is 365 g/mol. The van der Waals surface area contributed by atoms with Crippen molar-refractivity contribution in [2.75, 3.05) is 7.11 Å². The lowest BCUT2D eigenvalue weighted by Crippen LogP contribution is -2.24. The van der Waals surface area contributed by atoms with Gasteiger partial charge in [-0.2, -0.15) is 13.2 Å². The summed E-state index contributed by atoms with van der Waals surface area (Å²) in [6.07, 6.45) is -4.37. The van der Waals surface area contributed by atoms with E-state index in [0.717, 1.165) is 6.07 Å². The van der Waals surface area contributed by atoms with Crippen molar-refractivity contribution in [1.82, 2.24) is 5.32 Å². The van der Waals surface area contributed by atoms with Crippen molar-refractivity contribution < 1.29 is 27.5 Å². The Morgan fingerprint density at radius 2 is 1.85 bits per heavy atom. The molecule has 1 N–H and O–H groups in total. The third kappa shape index (κ3) is 5.08. The zero-order chi connectivity index (χ0) is 19.3. The standard InChI is InChI=1S/C19H18F3NO3/c1-12(24)8-13-4-3-5-14(9-13)18(25)23-11-15-6-7-16(26-2)10-17(15)19(20,21)22/h3-7,9-10H,8,11H2,1-2H3,(H,23,25). The third-order valence-electron chi connectivity index (χ3n) is 3.70. The summed E-state index contributed by atoms with van der Waals surface area (Å²) in [6.45, 7) is 1.16. The van der Waals surface area contributed by atoms with Crippen LogP contribution < -0.4 is 10.1 Å². The van der Waals surface area contributed by atoms with Crippen LogP contribution >= 0.6 is 0 Å². The van der Waals surface area contributed by atoms with Crippen LogP contribution in [0.25, 0.3) is 0 Å². The summed E-state index contributed by atoms with van der Waals surface area (Å²) in [4.78, 5) is 23.4. The van der Waals surface area contributed by atoms with Crippen LogP contribution in [-0.2, 0) is 23.9 Å². The summed E-state index contributed by atoms with van der Waals surface area (Å²) >= 11 is 0. The second-order valence-electron chi connectivity index (χ2n) is 5.78. The highest BCUT2D eigenvalue weighted by Crippen LogP contribution is 2.34. The second-order valence-corrected chi connectivity index (χ2v) is 5.78. The van der Waals surface area contributed by atoms with Crippen LogP contribution in [-0.4, -0.2) is 18.8 Å². The molecule has 0 heterocycles. The summed E-state index contributed by atoms with van der Waals surface area (Å²) in [5, 5.41) is 2.48. The van der Waals surface area contributed by atoms with E-state index in [-0.39, 0.29) is 35.6 Å². The Balaban J connectivity index is 2.16. The quantitative estimate of drug-likeness (QED) is 0.848. The van der Waals surface area contributed by atoms with Gasteiger partial charge in [0, 0.05) is 18.5 Å². The molecule has 0 atom stereocenters. The summed E-state index contributed by atoms with van der Waals surface area (Å²) in [6, 6.07) is 10.0. The van der Waals surface area contributed by atoms with Crippen LogP contribution in [0.5, 0.6) is 5.75 Å². The van der Waals surface area contributed by atoms with Gasteiger partial charge in [0.05, 0.1) is 12.7 Å². The first kappa shape index (κ1) is 19.5. The van der Waals surface area contributed by atoms with Crippen LogP contribution in [0.15, 0.2) is 42.5 Å². The number of ether oxygens (including phenoxy) is 1. The fraction of sp³-hybridized carbons (Fsp3) is 0.263. The molecule has 0 unspecified atom stereocenters. The predicted octanol–water partition coefficient (Wildman–Crippen LogP) is 3.78. The zero-order valence-corrected chi connectivity index (χ0v) is 14.3. The maximum atomic E-state index is 13.2. The molecule has 4 nitrogen and oxygen atoms in total. The molecule has 0 aromatic heterocycles. The Bertz CT molecular complexity index is 816. The van der Waals surface area contributed by atoms with Crippen LogP contribution in [0.4, 0.5) is 13.2 Å². The molecule has 2 aromatic carbocycles. The molecule has 0 bridgehead atoms. The highest BCUT2D eigenvalue weighted by molar-refractivity contribution is 5.94. The van der Waals surface area contributed by atoms with E-state index in [1.807, 2.05) is 0 Å². The summed E-state index contributed by atoms with van der Waals surface area (Å²) in [5.74, 6) is -0.473. The number of carbonyl (C=O) groups excluding carboxylic acids is 2. The van der Waals surface area contributed by atoms with Crippen molar-refractivity contribution in [3.05, 3.63) is 64.7 Å². The molecule has 0 aliphatic heterocycles. The number of Topliss-reactive ketones (excluding diaryl/α,β-unsaturated/α-hetero) is 1. The molecule has 2 aromatic rings. The minimum absolute atomic E-state index is 0.0457. The molecule has 0 fully saturated rings. The van der Waals surface area contributed by atoms with E-state index in [4.69, 9.17) is 4.74 Å². The van der Waals surface area contributed by atoms with Gasteiger partial charge in [0.2, 0.25) is 0 Å². The van der Waals surface area contributed by atoms with Crippen molar-refractivity contribution in [3.8, 4) is 5.75 Å². The lowest BCUT2D eigenvalue weighted by atomic mass is 10.0. The highest BCUT2D eigenvalue weighted by atomic mass is 19.4. The maximum absolute atomic E-state index is 13.2. The minimum atomic E-state index is -4.56. The van der Waals surface area contributed by atoms with Crippen molar-refractivity contribution in [2.24, 2.45) is 0 Å². The van der Waals surface area contributed by atoms with E-state index >= 15 is 0 Å². The first-order valence-electron chi connectivity index (χ1n) is 7.81. The Labute approximate surface area is 149 Å². The molecule has 0 aliphatic carbocycles. The van der Waals surface area contributed by atoms with Gasteiger partial charge in [0.1, 0.15) is 11.5 Å². The SMILES string of the molecule is COc1ccc(CNC(=O)c2cccc(CC(C)=O)c2)c(C(F)(F)F)c1. The molecule has 0 saturated carbocycles. The Morgan fingerprint density at radius 3 is 2.46 bits per heavy atom. The highest BCUT2D eigenvalue weighted by Gasteiger charge is 2.33. The number of ketones is 1. The van der Waals surface area contributed by atoms with E-state index in [1.165, 1.54) is 32.2 Å². The fourth-order valence-corrected chi connectivity index (χ4v) is 2.49. The van der Waals surface area contributed by atoms with Crippen LogP contribution in [0.1, 0.15) is 34.0 Å². The normalized spacial score (nSPS) is 11.1. The van der Waals surface area contributed by atoms with Gasteiger partial charge in [-0.05, 0) is 42.3 Å². The van der Waals surface area contributed by atoms with Gasteiger partial charge in [-0.3, -0.25) is 9.59 Å². The van der Waals surface area contributed by atoms with E-state index < -0.39 is 17.6 Å². The zero-order valence-electron chi connectivity index (χ0n) is 14.3. The van der Waals surface area contributed by atoms with Crippen molar-refractivity contribution in [1.29, 1.82) is 0 Å². The molecule has 1 amide bonds. The molecule has 2 rings (SSSR count). The molecule has 138 valence electrons. The number of hydrogen-bond donors (Lipinski definition) is 1. The average Bonchev–Trinajstić information content (AvgIpc) is 2.58. The number of methoxy groups -OCH3 is 1. The number of halogens is 3. The van der Waals surface area contributed by atoms with Crippen molar-refractivity contribution in [3.63, 3.8) is 0 Å². The number of alkyl halides is 3. The number of nitrogens with one attached hydrogen (secondary N) is 1. The van der Waals surface area contributed by atoms with Gasteiger partial charge in [-0.1, -0.05) is 18.2 Å². The van der Waals surface area contributed by atoms with E-state index in [2.05, 4.69) is 5.32 Å². The van der Waals surface area contributed by atoms with E-state index in [0.29, 0.717) is 5.56 Å². The lowest BCUT2D eigenvalue weighted by molar-refractivity contribution is -0.138. The van der Waals surface area contributed by atoms with E-state index in [9.17, 15) is 22.8 Å². The first-order chi connectivity index (χ1) is 12.2. The van der Waals surface area contributed by atoms with Gasteiger partial charge in [0.25, 0.3) is 5.91 Å². The number of hydrogen-bond acceptors (Lipinski definition) is 3. The molecule has 0 radical (unpaired) electrons. The number of rotatable bonds is 6. The first-order valence-corrected chi connectivity index (χ1v) is 7.81. The molecule has 7 heteroatoms. The predicted molar refractivity (Wildman–Crippen MR) is 90.0 cm³/mol. The molecular weight excluding hydrogens is 347 g/mol. The Morgan fingerprint density at radius 1 is 1.12 bits per heavy atom. The summed E-state index contributed by atoms with van der Waals surface area (Å²) in [7, 11) is 1.28. The smallest absolute Gasteiger partial charge is 0.416 e. The van der Waals surface area contributed by atoms with Crippen LogP contribution in [0, 0.1) is 0 Å². The summed E-state index contributed by atoms with van der Waals surface area (Å²) in [5.41, 5.74) is 0.0328. The third-order valence-corrected chi connectivity index (χ3v) is 3.70. The minimum Gasteiger partial charge on any atom is -0.497 e. The fourth-order valence-electron chi connectivity index (χ4n) is 2.49. The Hall–Kier alpha value is -2.83. The number of amides is 1. The van der Waals surface area contributed by atoms with Gasteiger partial charge in [0.15, 0.2) is 0 Å². The summed E-state index contributed by atoms with van der Waals surface area (Å²) < 4.78 is 44.4. The van der Waals surface area contributed by atoms with Gasteiger partial charge < -0.3 is 10.1 Å². The van der Waals surface area contributed by atoms with Crippen LogP contribution in [0.3, 0.4) is 0 Å². The van der Waals surface area contributed by atoms with E-state index in [1.54, 1.807) is 18.2 Å². The second kappa shape index (κ2) is 8.03. The topological polar surface area (TPSA) is 55.4 Å². The van der Waals surface area contributed by atoms with Gasteiger partial charge >= 0.3 is 6.18 Å². The molecule has 0 spiro atoms. The van der Waals surface area contributed by atoms with Gasteiger partial charge in [-0.25, -0.2) is 0 Å². The Kier molecular flexibility index (Phi) is 6.02. The maximum Gasteiger partial charge on any atom is 0.416 e. The van der Waals surface area contributed by atoms with Crippen LogP contribution in [0.2, 0.25) is 0 Å². The average molecular weight is 365 g/mol. The number of benzene rings is 2. The lowest BCUT2D eigenvalue weighted by Gasteiger charge is -2.15. The largest absolute Gasteiger partial charge is 0.497 e. The van der Waals surface area contributed by atoms with Crippen molar-refractivity contribution >= 4 is 11.7 Å².